The van der Waals surface area contributed by atoms with Crippen molar-refractivity contribution in [1.82, 2.24) is 14.5 Å². The molecular formula is C20H18N4. The van der Waals surface area contributed by atoms with Gasteiger partial charge in [0.15, 0.2) is 5.65 Å². The van der Waals surface area contributed by atoms with E-state index in [-0.39, 0.29) is 0 Å². The number of pyridine rings is 1. The van der Waals surface area contributed by atoms with E-state index in [1.54, 1.807) is 0 Å². The van der Waals surface area contributed by atoms with Crippen LogP contribution in [0.4, 0.5) is 5.69 Å². The monoisotopic (exact) mass is 314 g/mol. The molecule has 0 radical (unpaired) electrons. The summed E-state index contributed by atoms with van der Waals surface area (Å²) in [6.07, 6.45) is 1.89. The van der Waals surface area contributed by atoms with Gasteiger partial charge in [-0.1, -0.05) is 42.5 Å². The van der Waals surface area contributed by atoms with Crippen molar-refractivity contribution in [2.45, 2.75) is 13.5 Å². The Balaban J connectivity index is 1.89. The van der Waals surface area contributed by atoms with Crippen molar-refractivity contribution in [3.05, 3.63) is 78.0 Å². The first-order valence-electron chi connectivity index (χ1n) is 7.93. The lowest BCUT2D eigenvalue weighted by atomic mass is 10.2. The van der Waals surface area contributed by atoms with E-state index in [0.29, 0.717) is 6.54 Å². The molecule has 0 bridgehead atoms. The molecule has 4 nitrogen and oxygen atoms in total. The normalized spacial score (nSPS) is 11.0. The molecule has 4 heteroatoms. The van der Waals surface area contributed by atoms with Crippen LogP contribution in [0.3, 0.4) is 0 Å². The van der Waals surface area contributed by atoms with Gasteiger partial charge in [0.05, 0.1) is 6.54 Å². The second kappa shape index (κ2) is 5.81. The summed E-state index contributed by atoms with van der Waals surface area (Å²) in [7, 11) is 0. The Morgan fingerprint density at radius 3 is 2.50 bits per heavy atom. The van der Waals surface area contributed by atoms with Crippen LogP contribution in [0.2, 0.25) is 0 Å². The average Bonchev–Trinajstić information content (AvgIpc) is 2.95. The quantitative estimate of drug-likeness (QED) is 0.581. The van der Waals surface area contributed by atoms with E-state index in [2.05, 4.69) is 27.8 Å². The Bertz CT molecular complexity index is 986. The zero-order chi connectivity index (χ0) is 16.5. The summed E-state index contributed by atoms with van der Waals surface area (Å²) in [5.41, 5.74) is 11.8. The van der Waals surface area contributed by atoms with E-state index in [4.69, 9.17) is 10.7 Å². The minimum atomic E-state index is 0.705. The third kappa shape index (κ3) is 2.63. The highest BCUT2D eigenvalue weighted by Gasteiger charge is 2.14. The van der Waals surface area contributed by atoms with Gasteiger partial charge in [-0.2, -0.15) is 0 Å². The van der Waals surface area contributed by atoms with Gasteiger partial charge in [0, 0.05) is 17.4 Å². The van der Waals surface area contributed by atoms with Gasteiger partial charge in [0.1, 0.15) is 11.3 Å². The van der Waals surface area contributed by atoms with Crippen LogP contribution in [0.1, 0.15) is 11.1 Å². The zero-order valence-electron chi connectivity index (χ0n) is 13.5. The van der Waals surface area contributed by atoms with Gasteiger partial charge in [0.2, 0.25) is 0 Å². The molecule has 0 aliphatic heterocycles. The maximum Gasteiger partial charge on any atom is 0.160 e. The molecule has 2 aromatic carbocycles. The first-order valence-corrected chi connectivity index (χ1v) is 7.93. The van der Waals surface area contributed by atoms with Crippen LogP contribution >= 0.6 is 0 Å². The molecule has 4 rings (SSSR count). The predicted octanol–water partition coefficient (Wildman–Crippen LogP) is 4.04. The third-order valence-electron chi connectivity index (χ3n) is 4.07. The lowest BCUT2D eigenvalue weighted by Crippen LogP contribution is -2.03. The van der Waals surface area contributed by atoms with E-state index in [1.807, 2.05) is 55.6 Å². The number of nitrogens with zero attached hydrogens (tertiary/aromatic N) is 3. The van der Waals surface area contributed by atoms with Gasteiger partial charge in [-0.15, -0.1) is 0 Å². The molecule has 0 aliphatic carbocycles. The number of aryl methyl sites for hydroxylation is 1. The Morgan fingerprint density at radius 1 is 1.00 bits per heavy atom. The lowest BCUT2D eigenvalue weighted by molar-refractivity contribution is 0.824. The second-order valence-corrected chi connectivity index (χ2v) is 5.98. The molecular weight excluding hydrogens is 296 g/mol. The average molecular weight is 314 g/mol. The van der Waals surface area contributed by atoms with Crippen molar-refractivity contribution in [2.24, 2.45) is 0 Å². The maximum atomic E-state index is 5.80. The summed E-state index contributed by atoms with van der Waals surface area (Å²) >= 11 is 0. The van der Waals surface area contributed by atoms with E-state index in [0.717, 1.165) is 33.8 Å². The van der Waals surface area contributed by atoms with Crippen molar-refractivity contribution in [3.8, 4) is 11.4 Å². The molecule has 0 saturated carbocycles. The standard InChI is InChI=1S/C20H18N4/c1-14-11-18-20(22-12-14)24(13-15-7-9-17(21)10-8-15)19(23-18)16-5-3-2-4-6-16/h2-12H,13,21H2,1H3. The fourth-order valence-electron chi connectivity index (χ4n) is 2.87. The summed E-state index contributed by atoms with van der Waals surface area (Å²) in [6, 6.07) is 20.2. The van der Waals surface area contributed by atoms with Crippen molar-refractivity contribution in [2.75, 3.05) is 5.73 Å². The Kier molecular flexibility index (Phi) is 3.50. The molecule has 0 unspecified atom stereocenters. The van der Waals surface area contributed by atoms with Crippen molar-refractivity contribution in [1.29, 1.82) is 0 Å². The number of hydrogen-bond donors (Lipinski definition) is 1. The summed E-state index contributed by atoms with van der Waals surface area (Å²) in [6.45, 7) is 2.74. The van der Waals surface area contributed by atoms with E-state index < -0.39 is 0 Å². The van der Waals surface area contributed by atoms with Crippen LogP contribution in [-0.2, 0) is 6.54 Å². The Labute approximate surface area is 140 Å². The minimum Gasteiger partial charge on any atom is -0.399 e. The van der Waals surface area contributed by atoms with Crippen LogP contribution in [-0.4, -0.2) is 14.5 Å². The van der Waals surface area contributed by atoms with Crippen LogP contribution in [0.5, 0.6) is 0 Å². The number of imidazole rings is 1. The predicted molar refractivity (Wildman–Crippen MR) is 97.7 cm³/mol. The van der Waals surface area contributed by atoms with Crippen LogP contribution < -0.4 is 5.73 Å². The van der Waals surface area contributed by atoms with E-state index in [1.165, 1.54) is 5.56 Å². The highest BCUT2D eigenvalue weighted by molar-refractivity contribution is 5.77. The highest BCUT2D eigenvalue weighted by Crippen LogP contribution is 2.25. The lowest BCUT2D eigenvalue weighted by Gasteiger charge is -2.09. The van der Waals surface area contributed by atoms with Gasteiger partial charge >= 0.3 is 0 Å². The van der Waals surface area contributed by atoms with Crippen molar-refractivity contribution in [3.63, 3.8) is 0 Å². The van der Waals surface area contributed by atoms with Gasteiger partial charge in [0.25, 0.3) is 0 Å². The first-order chi connectivity index (χ1) is 11.7. The Morgan fingerprint density at radius 2 is 1.75 bits per heavy atom. The van der Waals surface area contributed by atoms with Crippen LogP contribution in [0.15, 0.2) is 66.9 Å². The van der Waals surface area contributed by atoms with Gasteiger partial charge in [-0.25, -0.2) is 9.97 Å². The molecule has 118 valence electrons. The molecule has 0 amide bonds. The molecule has 2 aromatic heterocycles. The second-order valence-electron chi connectivity index (χ2n) is 5.98. The van der Waals surface area contributed by atoms with Crippen molar-refractivity contribution < 1.29 is 0 Å². The fourth-order valence-corrected chi connectivity index (χ4v) is 2.87. The van der Waals surface area contributed by atoms with Gasteiger partial charge < -0.3 is 10.3 Å². The Hall–Kier alpha value is -3.14. The summed E-state index contributed by atoms with van der Waals surface area (Å²) < 4.78 is 2.16. The molecule has 0 fully saturated rings. The minimum absolute atomic E-state index is 0.705. The molecule has 2 N–H and O–H groups in total. The molecule has 4 aromatic rings. The summed E-state index contributed by atoms with van der Waals surface area (Å²) in [4.78, 5) is 9.45. The summed E-state index contributed by atoms with van der Waals surface area (Å²) in [5.74, 6) is 0.931. The molecule has 0 spiro atoms. The zero-order valence-corrected chi connectivity index (χ0v) is 13.5. The third-order valence-corrected chi connectivity index (χ3v) is 4.07. The van der Waals surface area contributed by atoms with E-state index in [9.17, 15) is 0 Å². The topological polar surface area (TPSA) is 56.7 Å². The van der Waals surface area contributed by atoms with Crippen LogP contribution in [0.25, 0.3) is 22.6 Å². The number of nitrogens with two attached hydrogens (primary N) is 1. The largest absolute Gasteiger partial charge is 0.399 e. The first kappa shape index (κ1) is 14.5. The highest BCUT2D eigenvalue weighted by atomic mass is 15.1. The number of fused-ring (bicyclic) bond motifs is 1. The number of benzene rings is 2. The maximum absolute atomic E-state index is 5.80. The molecule has 0 saturated heterocycles. The summed E-state index contributed by atoms with van der Waals surface area (Å²) in [5, 5.41) is 0. The van der Waals surface area contributed by atoms with Crippen LogP contribution in [0, 0.1) is 6.92 Å². The SMILES string of the molecule is Cc1cnc2c(c1)nc(-c1ccccc1)n2Cc1ccc(N)cc1. The molecule has 24 heavy (non-hydrogen) atoms. The smallest absolute Gasteiger partial charge is 0.160 e. The van der Waals surface area contributed by atoms with Gasteiger partial charge in [-0.3, -0.25) is 0 Å². The molecule has 0 atom stereocenters. The molecule has 0 aliphatic rings. The number of nitrogen functional groups attached to an aromatic ring is 1. The van der Waals surface area contributed by atoms with Gasteiger partial charge in [-0.05, 0) is 36.2 Å². The number of aromatic nitrogens is 3. The number of rotatable bonds is 3. The number of anilines is 1. The molecule has 2 heterocycles. The van der Waals surface area contributed by atoms with Crippen molar-refractivity contribution >= 4 is 16.9 Å². The van der Waals surface area contributed by atoms with E-state index >= 15 is 0 Å². The fraction of sp³-hybridized carbons (Fsp3) is 0.100. The number of hydrogen-bond acceptors (Lipinski definition) is 3.